The average Bonchev–Trinajstić information content (AvgIpc) is 2.66. The highest BCUT2D eigenvalue weighted by atomic mass is 32.2. The molecule has 9 nitrogen and oxygen atoms in total. The van der Waals surface area contributed by atoms with Crippen molar-refractivity contribution in [2.75, 3.05) is 12.0 Å². The Morgan fingerprint density at radius 2 is 1.93 bits per heavy atom. The Morgan fingerprint density at radius 1 is 1.21 bits per heavy atom. The van der Waals surface area contributed by atoms with Crippen molar-refractivity contribution in [1.82, 2.24) is 14.9 Å². The van der Waals surface area contributed by atoms with Crippen LogP contribution >= 0.6 is 11.8 Å². The predicted molar refractivity (Wildman–Crippen MR) is 104 cm³/mol. The Balaban J connectivity index is 2.33. The van der Waals surface area contributed by atoms with Crippen LogP contribution in [0.15, 0.2) is 35.4 Å². The van der Waals surface area contributed by atoms with E-state index >= 15 is 0 Å². The van der Waals surface area contributed by atoms with Gasteiger partial charge in [-0.05, 0) is 37.0 Å². The molecule has 2 rings (SSSR count). The van der Waals surface area contributed by atoms with Crippen LogP contribution in [0.1, 0.15) is 25.3 Å². The molecule has 1 amide bonds. The van der Waals surface area contributed by atoms with E-state index in [-0.39, 0.29) is 12.8 Å². The number of hydrogen-bond acceptors (Lipinski definition) is 6. The molecule has 0 aliphatic heterocycles. The molecule has 0 aliphatic rings. The second kappa shape index (κ2) is 9.88. The van der Waals surface area contributed by atoms with Crippen LogP contribution in [0, 0.1) is 0 Å². The van der Waals surface area contributed by atoms with E-state index in [4.69, 9.17) is 5.11 Å². The normalized spacial score (nSPS) is 13.0. The number of para-hydroxylation sites is 1. The van der Waals surface area contributed by atoms with Crippen LogP contribution in [-0.4, -0.2) is 55.7 Å². The summed E-state index contributed by atoms with van der Waals surface area (Å²) in [6.07, 6.45) is 2.77. The summed E-state index contributed by atoms with van der Waals surface area (Å²) in [5.74, 6) is -2.59. The minimum absolute atomic E-state index is 0.253. The summed E-state index contributed by atoms with van der Waals surface area (Å²) in [7, 11) is 0. The molecule has 2 aromatic rings. The molecule has 0 fully saturated rings. The molecule has 1 aromatic carbocycles. The third-order valence-corrected chi connectivity index (χ3v) is 4.83. The van der Waals surface area contributed by atoms with Gasteiger partial charge in [0.2, 0.25) is 5.91 Å². The molecule has 0 aliphatic carbocycles. The minimum Gasteiger partial charge on any atom is -0.481 e. The smallest absolute Gasteiger partial charge is 0.326 e. The highest BCUT2D eigenvalue weighted by molar-refractivity contribution is 7.98. The number of benzene rings is 1. The highest BCUT2D eigenvalue weighted by Gasteiger charge is 2.27. The second-order valence-electron chi connectivity index (χ2n) is 6.10. The lowest BCUT2D eigenvalue weighted by Gasteiger charge is -2.22. The third-order valence-electron chi connectivity index (χ3n) is 4.19. The van der Waals surface area contributed by atoms with E-state index in [1.807, 2.05) is 6.26 Å². The number of carboxylic acids is 2. The van der Waals surface area contributed by atoms with Crippen molar-refractivity contribution in [2.45, 2.75) is 31.3 Å². The number of nitrogens with one attached hydrogen (secondary N) is 1. The molecule has 2 atom stereocenters. The summed E-state index contributed by atoms with van der Waals surface area (Å²) < 4.78 is 1.20. The number of fused-ring (bicyclic) bond motifs is 1. The van der Waals surface area contributed by atoms with E-state index in [0.717, 1.165) is 0 Å². The van der Waals surface area contributed by atoms with Gasteiger partial charge in [-0.15, -0.1) is 0 Å². The lowest BCUT2D eigenvalue weighted by molar-refractivity contribution is -0.143. The Labute approximate surface area is 164 Å². The maximum Gasteiger partial charge on any atom is 0.326 e. The van der Waals surface area contributed by atoms with E-state index in [2.05, 4.69) is 10.3 Å². The van der Waals surface area contributed by atoms with Gasteiger partial charge in [0.1, 0.15) is 12.1 Å². The van der Waals surface area contributed by atoms with E-state index < -0.39 is 41.9 Å². The largest absolute Gasteiger partial charge is 0.481 e. The predicted octanol–water partition coefficient (Wildman–Crippen LogP) is 1.12. The van der Waals surface area contributed by atoms with Crippen LogP contribution in [0.2, 0.25) is 0 Å². The van der Waals surface area contributed by atoms with E-state index in [1.54, 1.807) is 24.3 Å². The van der Waals surface area contributed by atoms with E-state index in [0.29, 0.717) is 16.7 Å². The Hall–Kier alpha value is -2.88. The van der Waals surface area contributed by atoms with Crippen molar-refractivity contribution in [1.29, 1.82) is 0 Å². The van der Waals surface area contributed by atoms with Crippen molar-refractivity contribution in [3.8, 4) is 0 Å². The van der Waals surface area contributed by atoms with Crippen LogP contribution in [-0.2, 0) is 14.4 Å². The number of aromatic nitrogens is 2. The number of aliphatic carboxylic acids is 2. The summed E-state index contributed by atoms with van der Waals surface area (Å²) in [5.41, 5.74) is 0.0990. The second-order valence-corrected chi connectivity index (χ2v) is 7.09. The number of hydrogen-bond donors (Lipinski definition) is 3. The number of rotatable bonds is 10. The van der Waals surface area contributed by atoms with Crippen LogP contribution in [0.3, 0.4) is 0 Å². The molecule has 2 unspecified atom stereocenters. The van der Waals surface area contributed by atoms with Crippen molar-refractivity contribution in [3.05, 3.63) is 40.9 Å². The lowest BCUT2D eigenvalue weighted by Crippen LogP contribution is -2.46. The highest BCUT2D eigenvalue weighted by Crippen LogP contribution is 2.15. The van der Waals surface area contributed by atoms with E-state index in [9.17, 15) is 24.3 Å². The van der Waals surface area contributed by atoms with E-state index in [1.165, 1.54) is 22.7 Å². The number of carboxylic acid groups (broad SMARTS) is 2. The summed E-state index contributed by atoms with van der Waals surface area (Å²) in [5, 5.41) is 20.7. The molecule has 150 valence electrons. The summed E-state index contributed by atoms with van der Waals surface area (Å²) in [6.45, 7) is 0. The number of thioether (sulfide) groups is 1. The molecule has 0 spiro atoms. The SMILES string of the molecule is CSCCC(C(=O)NC(CCC(=O)O)C(=O)O)n1cnc2ccccc2c1=O. The fourth-order valence-corrected chi connectivity index (χ4v) is 3.18. The maximum atomic E-state index is 12.8. The molecule has 0 radical (unpaired) electrons. The van der Waals surface area contributed by atoms with Gasteiger partial charge in [0, 0.05) is 6.42 Å². The van der Waals surface area contributed by atoms with Gasteiger partial charge in [-0.3, -0.25) is 19.0 Å². The maximum absolute atomic E-state index is 12.8. The Bertz CT molecular complexity index is 929. The fourth-order valence-electron chi connectivity index (χ4n) is 2.72. The number of carbonyl (C=O) groups excluding carboxylic acids is 1. The molecule has 0 saturated heterocycles. The van der Waals surface area contributed by atoms with Gasteiger partial charge in [0.15, 0.2) is 0 Å². The standard InChI is InChI=1S/C18H21N3O6S/c1-28-9-8-14(16(24)20-13(18(26)27)6-7-15(22)23)21-10-19-12-5-3-2-4-11(12)17(21)25/h2-5,10,13-14H,6-9H2,1H3,(H,20,24)(H,22,23)(H,26,27). The van der Waals surface area contributed by atoms with Gasteiger partial charge < -0.3 is 15.5 Å². The van der Waals surface area contributed by atoms with Crippen molar-refractivity contribution in [3.63, 3.8) is 0 Å². The molecule has 1 aromatic heterocycles. The molecule has 28 heavy (non-hydrogen) atoms. The molecule has 10 heteroatoms. The zero-order valence-corrected chi connectivity index (χ0v) is 16.0. The zero-order chi connectivity index (χ0) is 20.7. The topological polar surface area (TPSA) is 139 Å². The summed E-state index contributed by atoms with van der Waals surface area (Å²) in [4.78, 5) is 51.9. The first kappa shape index (κ1) is 21.4. The number of amides is 1. The minimum atomic E-state index is -1.36. The summed E-state index contributed by atoms with van der Waals surface area (Å²) in [6, 6.07) is 4.42. The first-order chi connectivity index (χ1) is 13.3. The third kappa shape index (κ3) is 5.32. The molecule has 0 saturated carbocycles. The Kier molecular flexibility index (Phi) is 7.56. The van der Waals surface area contributed by atoms with Gasteiger partial charge in [0.05, 0.1) is 17.2 Å². The zero-order valence-electron chi connectivity index (χ0n) is 15.2. The van der Waals surface area contributed by atoms with Crippen LogP contribution in [0.4, 0.5) is 0 Å². The van der Waals surface area contributed by atoms with Gasteiger partial charge in [-0.1, -0.05) is 12.1 Å². The lowest BCUT2D eigenvalue weighted by atomic mass is 10.1. The monoisotopic (exact) mass is 407 g/mol. The average molecular weight is 407 g/mol. The first-order valence-corrected chi connectivity index (χ1v) is 9.94. The van der Waals surface area contributed by atoms with Gasteiger partial charge in [-0.25, -0.2) is 9.78 Å². The molecule has 0 bridgehead atoms. The number of carbonyl (C=O) groups is 3. The van der Waals surface area contributed by atoms with Crippen LogP contribution in [0.5, 0.6) is 0 Å². The van der Waals surface area contributed by atoms with Crippen LogP contribution < -0.4 is 10.9 Å². The quantitative estimate of drug-likeness (QED) is 0.533. The molecular formula is C18H21N3O6S. The Morgan fingerprint density at radius 3 is 2.57 bits per heavy atom. The van der Waals surface area contributed by atoms with Crippen LogP contribution in [0.25, 0.3) is 10.9 Å². The molecule has 3 N–H and O–H groups in total. The van der Waals surface area contributed by atoms with Gasteiger partial charge >= 0.3 is 11.9 Å². The van der Waals surface area contributed by atoms with Gasteiger partial charge in [-0.2, -0.15) is 11.8 Å². The first-order valence-electron chi connectivity index (χ1n) is 8.55. The molecule has 1 heterocycles. The fraction of sp³-hybridized carbons (Fsp3) is 0.389. The van der Waals surface area contributed by atoms with Gasteiger partial charge in [0.25, 0.3) is 5.56 Å². The van der Waals surface area contributed by atoms with Crippen molar-refractivity contribution < 1.29 is 24.6 Å². The number of nitrogens with zero attached hydrogens (tertiary/aromatic N) is 2. The molecular weight excluding hydrogens is 386 g/mol. The van der Waals surface area contributed by atoms with Crippen molar-refractivity contribution >= 4 is 40.5 Å². The summed E-state index contributed by atoms with van der Waals surface area (Å²) >= 11 is 1.48. The van der Waals surface area contributed by atoms with Crippen molar-refractivity contribution in [2.24, 2.45) is 0 Å².